The average Bonchev–Trinajstić information content (AvgIpc) is 2.82. The minimum absolute atomic E-state index is 0.00873. The number of hydrogen-bond acceptors (Lipinski definition) is 3. The molecule has 1 amide bonds. The third kappa shape index (κ3) is 3.36. The highest BCUT2D eigenvalue weighted by Gasteiger charge is 2.39. The number of hydrogen-bond donors (Lipinski definition) is 1. The zero-order valence-electron chi connectivity index (χ0n) is 11.5. The number of benzene rings is 1. The molecule has 5 nitrogen and oxygen atoms in total. The molecular weight excluding hydrogens is 258 g/mol. The smallest absolute Gasteiger partial charge is 0.326 e. The predicted molar refractivity (Wildman–Crippen MR) is 73.0 cm³/mol. The van der Waals surface area contributed by atoms with Crippen LogP contribution >= 0.6 is 0 Å². The van der Waals surface area contributed by atoms with Gasteiger partial charge in [0.2, 0.25) is 5.91 Å². The summed E-state index contributed by atoms with van der Waals surface area (Å²) >= 11 is 0. The van der Waals surface area contributed by atoms with Gasteiger partial charge in [0.1, 0.15) is 12.6 Å². The Morgan fingerprint density at radius 1 is 1.35 bits per heavy atom. The van der Waals surface area contributed by atoms with Crippen LogP contribution in [-0.2, 0) is 20.9 Å². The van der Waals surface area contributed by atoms with Gasteiger partial charge in [-0.1, -0.05) is 37.3 Å². The summed E-state index contributed by atoms with van der Waals surface area (Å²) in [6, 6.07) is 8.84. The number of amides is 1. The Morgan fingerprint density at radius 2 is 2.05 bits per heavy atom. The molecule has 1 saturated heterocycles. The lowest BCUT2D eigenvalue weighted by Crippen LogP contribution is -2.44. The molecule has 0 spiro atoms. The Kier molecular flexibility index (Phi) is 4.74. The quantitative estimate of drug-likeness (QED) is 0.886. The summed E-state index contributed by atoms with van der Waals surface area (Å²) < 4.78 is 5.37. The van der Waals surface area contributed by atoms with Crippen molar-refractivity contribution in [2.75, 3.05) is 13.2 Å². The minimum atomic E-state index is -0.939. The number of nitrogens with zero attached hydrogens (tertiary/aromatic N) is 1. The van der Waals surface area contributed by atoms with E-state index in [4.69, 9.17) is 4.74 Å². The third-order valence-corrected chi connectivity index (χ3v) is 3.61. The Hall–Kier alpha value is -1.88. The van der Waals surface area contributed by atoms with Crippen molar-refractivity contribution in [3.8, 4) is 0 Å². The largest absolute Gasteiger partial charge is 0.480 e. The van der Waals surface area contributed by atoms with Crippen LogP contribution in [0.25, 0.3) is 0 Å². The second-order valence-electron chi connectivity index (χ2n) is 5.11. The molecule has 2 atom stereocenters. The van der Waals surface area contributed by atoms with Crippen molar-refractivity contribution < 1.29 is 19.4 Å². The van der Waals surface area contributed by atoms with E-state index >= 15 is 0 Å². The molecule has 1 fully saturated rings. The average molecular weight is 277 g/mol. The molecule has 0 saturated carbocycles. The van der Waals surface area contributed by atoms with E-state index in [-0.39, 0.29) is 18.4 Å². The van der Waals surface area contributed by atoms with Gasteiger partial charge in [0.15, 0.2) is 0 Å². The number of carboxylic acid groups (broad SMARTS) is 1. The first kappa shape index (κ1) is 14.5. The van der Waals surface area contributed by atoms with Gasteiger partial charge in [-0.25, -0.2) is 4.79 Å². The van der Waals surface area contributed by atoms with Gasteiger partial charge in [-0.2, -0.15) is 0 Å². The van der Waals surface area contributed by atoms with Gasteiger partial charge in [0.25, 0.3) is 0 Å². The number of likely N-dealkylation sites (tertiary alicyclic amines) is 1. The maximum atomic E-state index is 12.0. The zero-order chi connectivity index (χ0) is 14.5. The summed E-state index contributed by atoms with van der Waals surface area (Å²) in [7, 11) is 0. The van der Waals surface area contributed by atoms with Gasteiger partial charge >= 0.3 is 5.97 Å². The van der Waals surface area contributed by atoms with Crippen molar-refractivity contribution in [3.63, 3.8) is 0 Å². The normalized spacial score (nSPS) is 21.9. The number of ether oxygens (including phenoxy) is 1. The predicted octanol–water partition coefficient (Wildman–Crippen LogP) is 1.52. The molecule has 2 rings (SSSR count). The number of carboxylic acids is 1. The Morgan fingerprint density at radius 3 is 2.70 bits per heavy atom. The summed E-state index contributed by atoms with van der Waals surface area (Å²) in [5, 5.41) is 9.17. The number of carbonyl (C=O) groups is 2. The lowest BCUT2D eigenvalue weighted by molar-refractivity contribution is -0.151. The van der Waals surface area contributed by atoms with E-state index in [1.54, 1.807) is 0 Å². The molecule has 2 unspecified atom stereocenters. The van der Waals surface area contributed by atoms with E-state index < -0.39 is 12.0 Å². The molecule has 1 aromatic rings. The standard InChI is InChI=1S/C15H19NO4/c1-11-7-8-16(14(11)15(18)19)13(17)10-20-9-12-5-3-2-4-6-12/h2-6,11,14H,7-10H2,1H3,(H,18,19). The van der Waals surface area contributed by atoms with Crippen LogP contribution in [0.3, 0.4) is 0 Å². The molecule has 1 aliphatic rings. The fourth-order valence-corrected chi connectivity index (χ4v) is 2.52. The molecular formula is C15H19NO4. The van der Waals surface area contributed by atoms with Gasteiger partial charge in [0, 0.05) is 6.54 Å². The molecule has 1 heterocycles. The number of aliphatic carboxylic acids is 1. The Balaban J connectivity index is 1.84. The Bertz CT molecular complexity index is 474. The number of rotatable bonds is 5. The highest BCUT2D eigenvalue weighted by atomic mass is 16.5. The molecule has 20 heavy (non-hydrogen) atoms. The minimum Gasteiger partial charge on any atom is -0.480 e. The van der Waals surface area contributed by atoms with E-state index in [2.05, 4.69) is 0 Å². The van der Waals surface area contributed by atoms with E-state index in [1.165, 1.54) is 4.90 Å². The summed E-state index contributed by atoms with van der Waals surface area (Å²) in [6.45, 7) is 2.63. The molecule has 0 aromatic heterocycles. The lowest BCUT2D eigenvalue weighted by Gasteiger charge is -2.23. The van der Waals surface area contributed by atoms with Crippen molar-refractivity contribution in [3.05, 3.63) is 35.9 Å². The van der Waals surface area contributed by atoms with Gasteiger partial charge in [-0.15, -0.1) is 0 Å². The van der Waals surface area contributed by atoms with Gasteiger partial charge < -0.3 is 14.7 Å². The van der Waals surface area contributed by atoms with Crippen LogP contribution in [-0.4, -0.2) is 41.1 Å². The van der Waals surface area contributed by atoms with Gasteiger partial charge in [0.05, 0.1) is 6.61 Å². The van der Waals surface area contributed by atoms with Crippen LogP contribution in [0.2, 0.25) is 0 Å². The summed E-state index contributed by atoms with van der Waals surface area (Å²) in [5.74, 6) is -1.20. The first-order valence-electron chi connectivity index (χ1n) is 6.73. The van der Waals surface area contributed by atoms with Crippen molar-refractivity contribution >= 4 is 11.9 Å². The van der Waals surface area contributed by atoms with E-state index in [0.29, 0.717) is 13.2 Å². The fraction of sp³-hybridized carbons (Fsp3) is 0.467. The molecule has 5 heteroatoms. The molecule has 108 valence electrons. The van der Waals surface area contributed by atoms with E-state index in [0.717, 1.165) is 12.0 Å². The van der Waals surface area contributed by atoms with Crippen LogP contribution in [0.1, 0.15) is 18.9 Å². The maximum Gasteiger partial charge on any atom is 0.326 e. The summed E-state index contributed by atoms with van der Waals surface area (Å²) in [5.41, 5.74) is 0.991. The molecule has 0 bridgehead atoms. The Labute approximate surface area is 118 Å². The SMILES string of the molecule is CC1CCN(C(=O)COCc2ccccc2)C1C(=O)O. The number of carbonyl (C=O) groups excluding carboxylic acids is 1. The van der Waals surface area contributed by atoms with Crippen LogP contribution in [0.4, 0.5) is 0 Å². The van der Waals surface area contributed by atoms with Crippen molar-refractivity contribution in [1.29, 1.82) is 0 Å². The maximum absolute atomic E-state index is 12.0. The zero-order valence-corrected chi connectivity index (χ0v) is 11.5. The first-order chi connectivity index (χ1) is 9.59. The van der Waals surface area contributed by atoms with E-state index in [1.807, 2.05) is 37.3 Å². The second kappa shape index (κ2) is 6.52. The lowest BCUT2D eigenvalue weighted by atomic mass is 10.0. The second-order valence-corrected chi connectivity index (χ2v) is 5.11. The van der Waals surface area contributed by atoms with Crippen LogP contribution in [0.5, 0.6) is 0 Å². The van der Waals surface area contributed by atoms with Crippen molar-refractivity contribution in [2.24, 2.45) is 5.92 Å². The molecule has 1 aromatic carbocycles. The third-order valence-electron chi connectivity index (χ3n) is 3.61. The topological polar surface area (TPSA) is 66.8 Å². The van der Waals surface area contributed by atoms with Gasteiger partial charge in [-0.3, -0.25) is 4.79 Å². The van der Waals surface area contributed by atoms with E-state index in [9.17, 15) is 14.7 Å². The van der Waals surface area contributed by atoms with Crippen LogP contribution < -0.4 is 0 Å². The van der Waals surface area contributed by atoms with Crippen LogP contribution in [0, 0.1) is 5.92 Å². The molecule has 0 aliphatic carbocycles. The van der Waals surface area contributed by atoms with Crippen molar-refractivity contribution in [2.45, 2.75) is 26.0 Å². The molecule has 0 radical (unpaired) electrons. The monoisotopic (exact) mass is 277 g/mol. The first-order valence-corrected chi connectivity index (χ1v) is 6.73. The highest BCUT2D eigenvalue weighted by Crippen LogP contribution is 2.24. The summed E-state index contributed by atoms with van der Waals surface area (Å²) in [6.07, 6.45) is 0.724. The van der Waals surface area contributed by atoms with Gasteiger partial charge in [-0.05, 0) is 17.9 Å². The highest BCUT2D eigenvalue weighted by molar-refractivity contribution is 5.85. The van der Waals surface area contributed by atoms with Crippen molar-refractivity contribution in [1.82, 2.24) is 4.90 Å². The van der Waals surface area contributed by atoms with Crippen LogP contribution in [0.15, 0.2) is 30.3 Å². The molecule has 1 N–H and O–H groups in total. The molecule has 1 aliphatic heterocycles. The fourth-order valence-electron chi connectivity index (χ4n) is 2.52. The summed E-state index contributed by atoms with van der Waals surface area (Å²) in [4.78, 5) is 24.6.